The normalized spacial score (nSPS) is 40.5. The van der Waals surface area contributed by atoms with Gasteiger partial charge in [0, 0.05) is 20.2 Å². The van der Waals surface area contributed by atoms with Crippen LogP contribution in [-0.2, 0) is 23.8 Å². The number of nitrogens with two attached hydrogens (primary N) is 3. The molecule has 1 aliphatic heterocycles. The van der Waals surface area contributed by atoms with Gasteiger partial charge in [-0.05, 0) is 19.8 Å². The van der Waals surface area contributed by atoms with Crippen LogP contribution in [0, 0.1) is 0 Å². The third-order valence-corrected chi connectivity index (χ3v) is 5.90. The Balaban J connectivity index is 2.22. The number of carbonyl (C=O) groups is 2. The van der Waals surface area contributed by atoms with Crippen LogP contribution in [0.3, 0.4) is 0 Å². The van der Waals surface area contributed by atoms with Crippen LogP contribution in [0.15, 0.2) is 0 Å². The predicted octanol–water partition coefficient (Wildman–Crippen LogP) is -3.80. The molecule has 0 unspecified atom stereocenters. The molecule has 30 heavy (non-hydrogen) atoms. The van der Waals surface area contributed by atoms with Crippen LogP contribution in [0.2, 0.25) is 0 Å². The van der Waals surface area contributed by atoms with Crippen LogP contribution in [0.5, 0.6) is 0 Å². The summed E-state index contributed by atoms with van der Waals surface area (Å²) in [5, 5.41) is 24.0. The van der Waals surface area contributed by atoms with Crippen molar-refractivity contribution in [3.8, 4) is 0 Å². The Hall–Kier alpha value is -1.38. The molecule has 12 heteroatoms. The predicted molar refractivity (Wildman–Crippen MR) is 106 cm³/mol. The first-order chi connectivity index (χ1) is 14.1. The zero-order valence-electron chi connectivity index (χ0n) is 17.6. The van der Waals surface area contributed by atoms with E-state index in [1.54, 1.807) is 0 Å². The van der Waals surface area contributed by atoms with Crippen LogP contribution in [-0.4, -0.2) is 109 Å². The van der Waals surface area contributed by atoms with E-state index in [1.165, 1.54) is 19.1 Å². The molecule has 0 radical (unpaired) electrons. The fourth-order valence-corrected chi connectivity index (χ4v) is 4.06. The Morgan fingerprint density at radius 3 is 2.53 bits per heavy atom. The summed E-state index contributed by atoms with van der Waals surface area (Å²) in [5.74, 6) is -0.489. The Kier molecular flexibility index (Phi) is 8.94. The number of nitrogens with one attached hydrogen (secondary N) is 1. The molecule has 2 amide bonds. The summed E-state index contributed by atoms with van der Waals surface area (Å²) in [6.45, 7) is 1.54. The summed E-state index contributed by atoms with van der Waals surface area (Å²) >= 11 is 0. The Labute approximate surface area is 176 Å². The zero-order valence-corrected chi connectivity index (χ0v) is 17.6. The number of amides is 2. The minimum atomic E-state index is -1.31. The van der Waals surface area contributed by atoms with Crippen molar-refractivity contribution in [3.05, 3.63) is 0 Å². The molecule has 0 aromatic rings. The standard InChI is InChI=1S/C18H35N5O7/c1-8(19)10-5-4-9(20)18(29-10)30-16-12(21)14(26)17(28-3)13(15(16)27)23(2)11(25)6-22-7-24/h7-10,12-18,26-27H,4-6,19-21H2,1-3H3,(H,22,24)/t8-,9-,10-,12-,13+,14+,15-,16-,17+,18+/m0/s1. The summed E-state index contributed by atoms with van der Waals surface area (Å²) < 4.78 is 17.2. The van der Waals surface area contributed by atoms with Crippen molar-refractivity contribution < 1.29 is 34.0 Å². The van der Waals surface area contributed by atoms with E-state index in [2.05, 4.69) is 5.32 Å². The molecule has 2 aliphatic rings. The van der Waals surface area contributed by atoms with Crippen molar-refractivity contribution in [2.45, 2.75) is 80.7 Å². The second-order valence-corrected chi connectivity index (χ2v) is 8.00. The number of ether oxygens (including phenoxy) is 3. The average molecular weight is 434 g/mol. The van der Waals surface area contributed by atoms with Crippen LogP contribution in [0.4, 0.5) is 0 Å². The number of rotatable bonds is 8. The van der Waals surface area contributed by atoms with Gasteiger partial charge in [-0.25, -0.2) is 0 Å². The second kappa shape index (κ2) is 10.8. The lowest BCUT2D eigenvalue weighted by Crippen LogP contribution is -2.72. The molecule has 2 fully saturated rings. The summed E-state index contributed by atoms with van der Waals surface area (Å²) in [6, 6.07) is -2.71. The van der Waals surface area contributed by atoms with E-state index in [-0.39, 0.29) is 18.7 Å². The molecule has 10 atom stereocenters. The Morgan fingerprint density at radius 1 is 1.30 bits per heavy atom. The highest BCUT2D eigenvalue weighted by molar-refractivity contribution is 5.80. The van der Waals surface area contributed by atoms with E-state index in [0.717, 1.165) is 0 Å². The van der Waals surface area contributed by atoms with Crippen molar-refractivity contribution in [1.82, 2.24) is 10.2 Å². The van der Waals surface area contributed by atoms with E-state index in [4.69, 9.17) is 31.4 Å². The highest BCUT2D eigenvalue weighted by Gasteiger charge is 2.53. The SMILES string of the molecule is CO[C@H]1[C@H](O)[C@H](N)[C@H](O[C@H]2O[C@H]([C@H](C)N)CC[C@@H]2N)[C@@H](O)[C@H]1N(C)C(=O)CNC=O. The van der Waals surface area contributed by atoms with Gasteiger partial charge in [-0.2, -0.15) is 0 Å². The Morgan fingerprint density at radius 2 is 1.97 bits per heavy atom. The van der Waals surface area contributed by atoms with Gasteiger partial charge in [0.05, 0.1) is 36.9 Å². The molecule has 9 N–H and O–H groups in total. The van der Waals surface area contributed by atoms with Crippen LogP contribution in [0.1, 0.15) is 19.8 Å². The minimum Gasteiger partial charge on any atom is -0.389 e. The summed E-state index contributed by atoms with van der Waals surface area (Å²) in [6.07, 6.45) is -4.09. The molecular formula is C18H35N5O7. The number of methoxy groups -OCH3 is 1. The fraction of sp³-hybridized carbons (Fsp3) is 0.889. The summed E-state index contributed by atoms with van der Waals surface area (Å²) in [7, 11) is 2.78. The molecule has 1 saturated heterocycles. The van der Waals surface area contributed by atoms with Gasteiger partial charge in [-0.15, -0.1) is 0 Å². The molecule has 1 saturated carbocycles. The molecule has 0 aromatic carbocycles. The van der Waals surface area contributed by atoms with Crippen LogP contribution in [0.25, 0.3) is 0 Å². The second-order valence-electron chi connectivity index (χ2n) is 8.00. The van der Waals surface area contributed by atoms with Gasteiger partial charge in [0.2, 0.25) is 12.3 Å². The number of hydrogen-bond acceptors (Lipinski definition) is 10. The first kappa shape index (κ1) is 24.9. The lowest BCUT2D eigenvalue weighted by atomic mass is 9.80. The number of nitrogens with zero attached hydrogens (tertiary/aromatic N) is 1. The van der Waals surface area contributed by atoms with Gasteiger partial charge >= 0.3 is 0 Å². The summed E-state index contributed by atoms with van der Waals surface area (Å²) in [4.78, 5) is 24.1. The van der Waals surface area contributed by atoms with Crippen molar-refractivity contribution in [2.24, 2.45) is 17.2 Å². The average Bonchev–Trinajstić information content (AvgIpc) is 2.72. The highest BCUT2D eigenvalue weighted by atomic mass is 16.7. The largest absolute Gasteiger partial charge is 0.389 e. The molecule has 12 nitrogen and oxygen atoms in total. The van der Waals surface area contributed by atoms with Crippen LogP contribution < -0.4 is 22.5 Å². The van der Waals surface area contributed by atoms with E-state index in [0.29, 0.717) is 19.3 Å². The van der Waals surface area contributed by atoms with Gasteiger partial charge in [0.25, 0.3) is 0 Å². The van der Waals surface area contributed by atoms with E-state index < -0.39 is 54.7 Å². The number of hydrogen-bond donors (Lipinski definition) is 6. The Bertz CT molecular complexity index is 583. The van der Waals surface area contributed by atoms with Crippen molar-refractivity contribution in [2.75, 3.05) is 20.7 Å². The fourth-order valence-electron chi connectivity index (χ4n) is 4.06. The first-order valence-electron chi connectivity index (χ1n) is 10.0. The smallest absolute Gasteiger partial charge is 0.242 e. The van der Waals surface area contributed by atoms with Crippen molar-refractivity contribution in [1.29, 1.82) is 0 Å². The monoisotopic (exact) mass is 433 g/mol. The van der Waals surface area contributed by atoms with Gasteiger partial charge in [0.15, 0.2) is 6.29 Å². The maximum absolute atomic E-state index is 12.4. The first-order valence-corrected chi connectivity index (χ1v) is 10.0. The lowest BCUT2D eigenvalue weighted by molar-refractivity contribution is -0.267. The molecule has 1 heterocycles. The topological polar surface area (TPSA) is 196 Å². The lowest BCUT2D eigenvalue weighted by Gasteiger charge is -2.50. The maximum atomic E-state index is 12.4. The third kappa shape index (κ3) is 5.26. The van der Waals surface area contributed by atoms with Gasteiger partial charge in [0.1, 0.15) is 18.3 Å². The highest BCUT2D eigenvalue weighted by Crippen LogP contribution is 2.31. The van der Waals surface area contributed by atoms with Gasteiger partial charge in [-0.3, -0.25) is 9.59 Å². The molecule has 2 rings (SSSR count). The van der Waals surface area contributed by atoms with Gasteiger partial charge < -0.3 is 51.8 Å². The summed E-state index contributed by atoms with van der Waals surface area (Å²) in [5.41, 5.74) is 18.2. The molecule has 174 valence electrons. The number of aliphatic hydroxyl groups is 2. The molecule has 0 spiro atoms. The van der Waals surface area contributed by atoms with Gasteiger partial charge in [-0.1, -0.05) is 0 Å². The zero-order chi connectivity index (χ0) is 22.6. The third-order valence-electron chi connectivity index (χ3n) is 5.90. The minimum absolute atomic E-state index is 0.237. The molecular weight excluding hydrogens is 398 g/mol. The number of likely N-dealkylation sites (N-methyl/N-ethyl adjacent to an activating group) is 1. The number of aliphatic hydroxyl groups excluding tert-OH is 2. The van der Waals surface area contributed by atoms with Crippen LogP contribution >= 0.6 is 0 Å². The van der Waals surface area contributed by atoms with Crippen molar-refractivity contribution in [3.63, 3.8) is 0 Å². The number of carbonyl (C=O) groups excluding carboxylic acids is 2. The quantitative estimate of drug-likeness (QED) is 0.207. The maximum Gasteiger partial charge on any atom is 0.242 e. The van der Waals surface area contributed by atoms with E-state index in [1.807, 2.05) is 6.92 Å². The van der Waals surface area contributed by atoms with Crippen molar-refractivity contribution >= 4 is 12.3 Å². The van der Waals surface area contributed by atoms with E-state index >= 15 is 0 Å². The molecule has 1 aliphatic carbocycles. The molecule has 0 aromatic heterocycles. The molecule has 0 bridgehead atoms. The van der Waals surface area contributed by atoms with E-state index in [9.17, 15) is 19.8 Å².